The topological polar surface area (TPSA) is 53.1 Å². The standard InChI is InChI=1S/C19H31N3O3/c1-14(23)21-12-15-11-19(2)16(21)5-3-4-6-17(19)22(15)18(24)13-20-7-9-25-10-8-20/h15-17H,3-13H2,1-2H3/t15-,16+,17-,19+/m0/s1. The van der Waals surface area contributed by atoms with E-state index in [1.54, 1.807) is 6.92 Å². The van der Waals surface area contributed by atoms with Crippen molar-refractivity contribution in [1.29, 1.82) is 0 Å². The Morgan fingerprint density at radius 2 is 1.80 bits per heavy atom. The Hall–Kier alpha value is -1.14. The number of likely N-dealkylation sites (tertiary alicyclic amines) is 2. The molecule has 25 heavy (non-hydrogen) atoms. The highest BCUT2D eigenvalue weighted by Gasteiger charge is 2.60. The molecule has 0 radical (unpaired) electrons. The van der Waals surface area contributed by atoms with Gasteiger partial charge in [0.15, 0.2) is 0 Å². The van der Waals surface area contributed by atoms with Gasteiger partial charge in [-0.05, 0) is 19.3 Å². The van der Waals surface area contributed by atoms with Crippen LogP contribution < -0.4 is 0 Å². The fourth-order valence-corrected chi connectivity index (χ4v) is 5.92. The van der Waals surface area contributed by atoms with Gasteiger partial charge in [0.1, 0.15) is 0 Å². The zero-order valence-corrected chi connectivity index (χ0v) is 15.6. The van der Waals surface area contributed by atoms with E-state index in [0.29, 0.717) is 18.6 Å². The third-order valence-corrected chi connectivity index (χ3v) is 7.07. The van der Waals surface area contributed by atoms with Gasteiger partial charge in [-0.3, -0.25) is 14.5 Å². The smallest absolute Gasteiger partial charge is 0.237 e. The lowest BCUT2D eigenvalue weighted by molar-refractivity contribution is -0.139. The maximum Gasteiger partial charge on any atom is 0.237 e. The summed E-state index contributed by atoms with van der Waals surface area (Å²) in [5.74, 6) is 0.427. The summed E-state index contributed by atoms with van der Waals surface area (Å²) < 4.78 is 5.40. The maximum atomic E-state index is 13.2. The van der Waals surface area contributed by atoms with Crippen molar-refractivity contribution in [3.8, 4) is 0 Å². The summed E-state index contributed by atoms with van der Waals surface area (Å²) in [7, 11) is 0. The van der Waals surface area contributed by atoms with Crippen LogP contribution >= 0.6 is 0 Å². The van der Waals surface area contributed by atoms with Crippen molar-refractivity contribution in [2.45, 2.75) is 64.1 Å². The van der Waals surface area contributed by atoms with E-state index >= 15 is 0 Å². The molecule has 3 heterocycles. The second-order valence-electron chi connectivity index (χ2n) is 8.54. The number of hydrogen-bond acceptors (Lipinski definition) is 4. The first-order chi connectivity index (χ1) is 12.0. The maximum absolute atomic E-state index is 13.2. The van der Waals surface area contributed by atoms with E-state index in [1.165, 1.54) is 0 Å². The van der Waals surface area contributed by atoms with Gasteiger partial charge in [-0.15, -0.1) is 0 Å². The lowest BCUT2D eigenvalue weighted by atomic mass is 9.71. The molecule has 0 unspecified atom stereocenters. The monoisotopic (exact) mass is 349 g/mol. The molecular formula is C19H31N3O3. The highest BCUT2D eigenvalue weighted by Crippen LogP contribution is 2.53. The number of rotatable bonds is 2. The van der Waals surface area contributed by atoms with Crippen molar-refractivity contribution in [3.63, 3.8) is 0 Å². The number of carbonyl (C=O) groups excluding carboxylic acids is 2. The van der Waals surface area contributed by atoms with Gasteiger partial charge in [-0.2, -0.15) is 0 Å². The number of carbonyl (C=O) groups is 2. The molecule has 1 saturated carbocycles. The van der Waals surface area contributed by atoms with E-state index in [1.807, 2.05) is 0 Å². The van der Waals surface area contributed by atoms with Gasteiger partial charge < -0.3 is 14.5 Å². The van der Waals surface area contributed by atoms with Gasteiger partial charge >= 0.3 is 0 Å². The Balaban J connectivity index is 1.58. The minimum absolute atomic E-state index is 0.0613. The van der Waals surface area contributed by atoms with Crippen LogP contribution in [-0.4, -0.2) is 84.0 Å². The molecule has 4 fully saturated rings. The van der Waals surface area contributed by atoms with Gasteiger partial charge in [0.2, 0.25) is 11.8 Å². The van der Waals surface area contributed by atoms with Crippen molar-refractivity contribution in [1.82, 2.24) is 14.7 Å². The molecule has 3 aliphatic heterocycles. The molecule has 0 N–H and O–H groups in total. The van der Waals surface area contributed by atoms with E-state index in [4.69, 9.17) is 4.74 Å². The zero-order chi connectivity index (χ0) is 17.6. The highest BCUT2D eigenvalue weighted by atomic mass is 16.5. The molecule has 6 nitrogen and oxygen atoms in total. The average Bonchev–Trinajstić information content (AvgIpc) is 2.70. The predicted octanol–water partition coefficient (Wildman–Crippen LogP) is 1.10. The van der Waals surface area contributed by atoms with Gasteiger partial charge in [0.25, 0.3) is 0 Å². The van der Waals surface area contributed by atoms with Crippen LogP contribution in [0.5, 0.6) is 0 Å². The summed E-state index contributed by atoms with van der Waals surface area (Å²) in [6, 6.07) is 0.791. The van der Waals surface area contributed by atoms with Crippen LogP contribution in [-0.2, 0) is 14.3 Å². The van der Waals surface area contributed by atoms with Gasteiger partial charge in [0, 0.05) is 44.1 Å². The first kappa shape index (κ1) is 17.3. The number of nitrogens with zero attached hydrogens (tertiary/aromatic N) is 3. The summed E-state index contributed by atoms with van der Waals surface area (Å²) in [6.45, 7) is 8.36. The number of hydrogen-bond donors (Lipinski definition) is 0. The van der Waals surface area contributed by atoms with Crippen molar-refractivity contribution in [2.75, 3.05) is 39.4 Å². The van der Waals surface area contributed by atoms with Gasteiger partial charge in [-0.1, -0.05) is 19.8 Å². The van der Waals surface area contributed by atoms with Crippen LogP contribution in [0.1, 0.15) is 46.0 Å². The lowest BCUT2D eigenvalue weighted by Crippen LogP contribution is -2.55. The van der Waals surface area contributed by atoms with E-state index in [2.05, 4.69) is 21.6 Å². The highest BCUT2D eigenvalue weighted by molar-refractivity contribution is 5.80. The van der Waals surface area contributed by atoms with Crippen molar-refractivity contribution in [2.24, 2.45) is 5.41 Å². The van der Waals surface area contributed by atoms with Crippen LogP contribution in [0, 0.1) is 5.41 Å². The molecule has 1 aliphatic carbocycles. The summed E-state index contributed by atoms with van der Waals surface area (Å²) in [5.41, 5.74) is 0.0613. The Morgan fingerprint density at radius 1 is 1.12 bits per heavy atom. The molecule has 2 amide bonds. The van der Waals surface area contributed by atoms with Crippen molar-refractivity contribution >= 4 is 11.8 Å². The Labute approximate surface area is 150 Å². The molecule has 4 aliphatic rings. The second-order valence-corrected chi connectivity index (χ2v) is 8.54. The fraction of sp³-hybridized carbons (Fsp3) is 0.895. The first-order valence-electron chi connectivity index (χ1n) is 9.89. The second kappa shape index (κ2) is 6.54. The van der Waals surface area contributed by atoms with Crippen LogP contribution in [0.2, 0.25) is 0 Å². The van der Waals surface area contributed by atoms with E-state index in [9.17, 15) is 9.59 Å². The van der Waals surface area contributed by atoms with Gasteiger partial charge in [-0.25, -0.2) is 0 Å². The minimum atomic E-state index is 0.0613. The molecule has 140 valence electrons. The summed E-state index contributed by atoms with van der Waals surface area (Å²) in [4.78, 5) is 32.0. The summed E-state index contributed by atoms with van der Waals surface area (Å²) in [5, 5.41) is 0. The average molecular weight is 349 g/mol. The van der Waals surface area contributed by atoms with Crippen LogP contribution in [0.25, 0.3) is 0 Å². The van der Waals surface area contributed by atoms with E-state index in [0.717, 1.165) is 65.0 Å². The largest absolute Gasteiger partial charge is 0.379 e. The predicted molar refractivity (Wildman–Crippen MR) is 94.0 cm³/mol. The molecule has 0 aromatic carbocycles. The Kier molecular flexibility index (Phi) is 4.52. The molecule has 2 bridgehead atoms. The zero-order valence-electron chi connectivity index (χ0n) is 15.6. The van der Waals surface area contributed by atoms with E-state index in [-0.39, 0.29) is 23.3 Å². The number of morpholine rings is 1. The number of amides is 2. The first-order valence-corrected chi connectivity index (χ1v) is 9.89. The molecule has 0 aromatic heterocycles. The number of ether oxygens (including phenoxy) is 1. The number of piperidine rings is 1. The third-order valence-electron chi connectivity index (χ3n) is 7.07. The summed E-state index contributed by atoms with van der Waals surface area (Å²) in [6.07, 6.45) is 5.56. The van der Waals surface area contributed by atoms with Crippen LogP contribution in [0.4, 0.5) is 0 Å². The SMILES string of the molecule is CC(=O)N1C[C@@H]2C[C@@]3(C)[C@H](CCCC[C@@H]13)N2C(=O)CN1CCOCC1. The third kappa shape index (κ3) is 2.87. The number of fused-ring (bicyclic) bond motifs is 1. The van der Waals surface area contributed by atoms with Gasteiger partial charge in [0.05, 0.1) is 25.8 Å². The van der Waals surface area contributed by atoms with Crippen molar-refractivity contribution < 1.29 is 14.3 Å². The molecule has 3 saturated heterocycles. The Bertz CT molecular complexity index is 548. The lowest BCUT2D eigenvalue weighted by Gasteiger charge is -2.46. The molecule has 6 heteroatoms. The molecular weight excluding hydrogens is 318 g/mol. The van der Waals surface area contributed by atoms with Crippen molar-refractivity contribution in [3.05, 3.63) is 0 Å². The normalized spacial score (nSPS) is 38.6. The molecule has 0 spiro atoms. The minimum Gasteiger partial charge on any atom is -0.379 e. The molecule has 4 rings (SSSR count). The molecule has 4 atom stereocenters. The summed E-state index contributed by atoms with van der Waals surface area (Å²) >= 11 is 0. The quantitative estimate of drug-likeness (QED) is 0.749. The fourth-order valence-electron chi connectivity index (χ4n) is 5.92. The van der Waals surface area contributed by atoms with E-state index < -0.39 is 0 Å². The Morgan fingerprint density at radius 3 is 2.48 bits per heavy atom. The van der Waals surface area contributed by atoms with Crippen LogP contribution in [0.3, 0.4) is 0 Å². The van der Waals surface area contributed by atoms with Crippen LogP contribution in [0.15, 0.2) is 0 Å². The molecule has 0 aromatic rings.